The standard InChI is InChI=1S/C17H16O3/c1-12(17(18)19)11-15-14(9-6-10-16(15)20-2)13-7-4-3-5-8-13/h3-11H,1-2H3,(H,18,19)/b12-11+. The number of carbonyl (C=O) groups is 1. The fourth-order valence-electron chi connectivity index (χ4n) is 2.02. The van der Waals surface area contributed by atoms with E-state index < -0.39 is 5.97 Å². The molecule has 0 fully saturated rings. The Balaban J connectivity index is 2.64. The third kappa shape index (κ3) is 2.88. The molecule has 1 N–H and O–H groups in total. The number of benzene rings is 2. The smallest absolute Gasteiger partial charge is 0.331 e. The third-order valence-corrected chi connectivity index (χ3v) is 3.07. The van der Waals surface area contributed by atoms with Crippen LogP contribution >= 0.6 is 0 Å². The summed E-state index contributed by atoms with van der Waals surface area (Å²) in [5.74, 6) is -0.276. The van der Waals surface area contributed by atoms with Crippen molar-refractivity contribution in [3.8, 4) is 16.9 Å². The van der Waals surface area contributed by atoms with Gasteiger partial charge in [-0.15, -0.1) is 0 Å². The molecule has 0 aliphatic rings. The minimum atomic E-state index is -0.935. The van der Waals surface area contributed by atoms with Crippen LogP contribution in [-0.4, -0.2) is 18.2 Å². The molecule has 0 aliphatic carbocycles. The Hall–Kier alpha value is -2.55. The Bertz CT molecular complexity index is 643. The first-order chi connectivity index (χ1) is 9.63. The molecule has 0 saturated carbocycles. The van der Waals surface area contributed by atoms with Crippen molar-refractivity contribution in [2.45, 2.75) is 6.92 Å². The molecule has 2 rings (SSSR count). The number of aliphatic carboxylic acids is 1. The zero-order valence-electron chi connectivity index (χ0n) is 11.5. The topological polar surface area (TPSA) is 46.5 Å². The number of ether oxygens (including phenoxy) is 1. The molecule has 0 aliphatic heterocycles. The second-order valence-corrected chi connectivity index (χ2v) is 4.42. The quantitative estimate of drug-likeness (QED) is 0.857. The lowest BCUT2D eigenvalue weighted by Gasteiger charge is -2.11. The van der Waals surface area contributed by atoms with Crippen LogP contribution in [0.5, 0.6) is 5.75 Å². The lowest BCUT2D eigenvalue weighted by Crippen LogP contribution is -1.97. The molecule has 0 radical (unpaired) electrons. The van der Waals surface area contributed by atoms with E-state index >= 15 is 0 Å². The first-order valence-corrected chi connectivity index (χ1v) is 6.27. The van der Waals surface area contributed by atoms with Crippen LogP contribution in [0.2, 0.25) is 0 Å². The third-order valence-electron chi connectivity index (χ3n) is 3.07. The van der Waals surface area contributed by atoms with E-state index in [1.165, 1.54) is 0 Å². The van der Waals surface area contributed by atoms with E-state index in [1.807, 2.05) is 48.5 Å². The molecule has 0 bridgehead atoms. The molecule has 0 aromatic heterocycles. The number of rotatable bonds is 4. The van der Waals surface area contributed by atoms with E-state index in [9.17, 15) is 4.79 Å². The van der Waals surface area contributed by atoms with E-state index in [-0.39, 0.29) is 5.57 Å². The number of hydrogen-bond acceptors (Lipinski definition) is 2. The summed E-state index contributed by atoms with van der Waals surface area (Å²) in [5.41, 5.74) is 3.02. The van der Waals surface area contributed by atoms with E-state index in [0.717, 1.165) is 16.7 Å². The van der Waals surface area contributed by atoms with Crippen LogP contribution in [0.25, 0.3) is 17.2 Å². The maximum absolute atomic E-state index is 11.0. The molecule has 0 heterocycles. The lowest BCUT2D eigenvalue weighted by molar-refractivity contribution is -0.132. The van der Waals surface area contributed by atoms with Gasteiger partial charge in [0.05, 0.1) is 7.11 Å². The summed E-state index contributed by atoms with van der Waals surface area (Å²) in [6.45, 7) is 1.57. The Morgan fingerprint density at radius 3 is 2.40 bits per heavy atom. The molecule has 0 atom stereocenters. The van der Waals surface area contributed by atoms with Gasteiger partial charge in [0.2, 0.25) is 0 Å². The Morgan fingerprint density at radius 1 is 1.10 bits per heavy atom. The van der Waals surface area contributed by atoms with Crippen LogP contribution < -0.4 is 4.74 Å². The van der Waals surface area contributed by atoms with Crippen molar-refractivity contribution in [2.75, 3.05) is 7.11 Å². The van der Waals surface area contributed by atoms with Crippen LogP contribution in [-0.2, 0) is 4.79 Å². The van der Waals surface area contributed by atoms with Gasteiger partial charge in [0.25, 0.3) is 0 Å². The summed E-state index contributed by atoms with van der Waals surface area (Å²) in [6, 6.07) is 15.5. The van der Waals surface area contributed by atoms with Crippen molar-refractivity contribution in [3.63, 3.8) is 0 Å². The Kier molecular flexibility index (Phi) is 4.20. The fourth-order valence-corrected chi connectivity index (χ4v) is 2.02. The first-order valence-electron chi connectivity index (χ1n) is 6.27. The normalized spacial score (nSPS) is 11.2. The van der Waals surface area contributed by atoms with Gasteiger partial charge in [-0.25, -0.2) is 4.79 Å². The zero-order valence-corrected chi connectivity index (χ0v) is 11.5. The van der Waals surface area contributed by atoms with Crippen LogP contribution in [0.4, 0.5) is 0 Å². The Morgan fingerprint density at radius 2 is 1.80 bits per heavy atom. The van der Waals surface area contributed by atoms with Crippen LogP contribution in [0.3, 0.4) is 0 Å². The van der Waals surface area contributed by atoms with Crippen molar-refractivity contribution in [3.05, 3.63) is 59.7 Å². The zero-order chi connectivity index (χ0) is 14.5. The fraction of sp³-hybridized carbons (Fsp3) is 0.118. The van der Waals surface area contributed by atoms with Gasteiger partial charge in [0, 0.05) is 11.1 Å². The van der Waals surface area contributed by atoms with Crippen molar-refractivity contribution < 1.29 is 14.6 Å². The SMILES string of the molecule is COc1cccc(-c2ccccc2)c1/C=C(\C)C(=O)O. The van der Waals surface area contributed by atoms with E-state index in [4.69, 9.17) is 9.84 Å². The summed E-state index contributed by atoms with van der Waals surface area (Å²) in [4.78, 5) is 11.0. The van der Waals surface area contributed by atoms with Crippen LogP contribution in [0, 0.1) is 0 Å². The molecule has 0 spiro atoms. The predicted molar refractivity (Wildman–Crippen MR) is 79.7 cm³/mol. The monoisotopic (exact) mass is 268 g/mol. The largest absolute Gasteiger partial charge is 0.496 e. The highest BCUT2D eigenvalue weighted by Crippen LogP contribution is 2.32. The van der Waals surface area contributed by atoms with Gasteiger partial charge >= 0.3 is 5.97 Å². The highest BCUT2D eigenvalue weighted by molar-refractivity contribution is 5.94. The molecule has 0 amide bonds. The van der Waals surface area contributed by atoms with Gasteiger partial charge in [0.1, 0.15) is 5.75 Å². The first kappa shape index (κ1) is 13.9. The molecule has 3 nitrogen and oxygen atoms in total. The van der Waals surface area contributed by atoms with Gasteiger partial charge < -0.3 is 9.84 Å². The number of methoxy groups -OCH3 is 1. The molecule has 0 saturated heterocycles. The molecule has 2 aromatic rings. The molecule has 102 valence electrons. The predicted octanol–water partition coefficient (Wildman–Crippen LogP) is 3.85. The molecule has 0 unspecified atom stereocenters. The highest BCUT2D eigenvalue weighted by Gasteiger charge is 2.10. The summed E-state index contributed by atoms with van der Waals surface area (Å²) in [7, 11) is 1.58. The van der Waals surface area contributed by atoms with E-state index in [2.05, 4.69) is 0 Å². The van der Waals surface area contributed by atoms with Crippen molar-refractivity contribution in [2.24, 2.45) is 0 Å². The number of carboxylic acid groups (broad SMARTS) is 1. The van der Waals surface area contributed by atoms with Crippen molar-refractivity contribution >= 4 is 12.0 Å². The average Bonchev–Trinajstić information content (AvgIpc) is 2.48. The molecule has 3 heteroatoms. The summed E-state index contributed by atoms with van der Waals surface area (Å²) >= 11 is 0. The summed E-state index contributed by atoms with van der Waals surface area (Å²) in [6.07, 6.45) is 1.64. The second-order valence-electron chi connectivity index (χ2n) is 4.42. The lowest BCUT2D eigenvalue weighted by atomic mass is 9.97. The van der Waals surface area contributed by atoms with Gasteiger partial charge in [0.15, 0.2) is 0 Å². The van der Waals surface area contributed by atoms with E-state index in [0.29, 0.717) is 5.75 Å². The summed E-state index contributed by atoms with van der Waals surface area (Å²) in [5, 5.41) is 9.06. The van der Waals surface area contributed by atoms with Crippen molar-refractivity contribution in [1.29, 1.82) is 0 Å². The van der Waals surface area contributed by atoms with Gasteiger partial charge in [-0.1, -0.05) is 42.5 Å². The maximum Gasteiger partial charge on any atom is 0.331 e. The van der Waals surface area contributed by atoms with Crippen LogP contribution in [0.15, 0.2) is 54.1 Å². The average molecular weight is 268 g/mol. The minimum absolute atomic E-state index is 0.270. The van der Waals surface area contributed by atoms with Gasteiger partial charge in [-0.05, 0) is 30.2 Å². The molecular formula is C17H16O3. The van der Waals surface area contributed by atoms with Gasteiger partial charge in [-0.3, -0.25) is 0 Å². The summed E-state index contributed by atoms with van der Waals surface area (Å²) < 4.78 is 5.35. The molecule has 2 aromatic carbocycles. The van der Waals surface area contributed by atoms with Crippen LogP contribution in [0.1, 0.15) is 12.5 Å². The molecular weight excluding hydrogens is 252 g/mol. The highest BCUT2D eigenvalue weighted by atomic mass is 16.5. The van der Waals surface area contributed by atoms with Crippen molar-refractivity contribution in [1.82, 2.24) is 0 Å². The Labute approximate surface area is 118 Å². The van der Waals surface area contributed by atoms with E-state index in [1.54, 1.807) is 20.1 Å². The number of carboxylic acids is 1. The molecule has 20 heavy (non-hydrogen) atoms. The number of hydrogen-bond donors (Lipinski definition) is 1. The second kappa shape index (κ2) is 6.06. The minimum Gasteiger partial charge on any atom is -0.496 e. The maximum atomic E-state index is 11.0. The van der Waals surface area contributed by atoms with Gasteiger partial charge in [-0.2, -0.15) is 0 Å².